The Balaban J connectivity index is 1.47. The van der Waals surface area contributed by atoms with E-state index in [1.54, 1.807) is 39.0 Å². The molecule has 1 fully saturated rings. The van der Waals surface area contributed by atoms with Crippen molar-refractivity contribution in [1.82, 2.24) is 15.3 Å². The number of rotatable bonds is 8. The second kappa shape index (κ2) is 9.83. The molecule has 3 amide bonds. The molecule has 186 valence electrons. The van der Waals surface area contributed by atoms with Gasteiger partial charge < -0.3 is 24.8 Å². The van der Waals surface area contributed by atoms with Crippen LogP contribution in [0.2, 0.25) is 0 Å². The Morgan fingerprint density at radius 1 is 1.11 bits per heavy atom. The third-order valence-electron chi connectivity index (χ3n) is 5.60. The summed E-state index contributed by atoms with van der Waals surface area (Å²) in [6.07, 6.45) is -0.536. The van der Waals surface area contributed by atoms with E-state index in [9.17, 15) is 19.5 Å². The van der Waals surface area contributed by atoms with Gasteiger partial charge in [0.25, 0.3) is 0 Å². The van der Waals surface area contributed by atoms with Crippen molar-refractivity contribution >= 4 is 18.1 Å². The van der Waals surface area contributed by atoms with Gasteiger partial charge >= 0.3 is 18.1 Å². The zero-order chi connectivity index (χ0) is 25.2. The van der Waals surface area contributed by atoms with E-state index in [0.29, 0.717) is 16.9 Å². The number of hydroxylamine groups is 2. The first-order valence-corrected chi connectivity index (χ1v) is 11.4. The summed E-state index contributed by atoms with van der Waals surface area (Å²) in [5.74, 6) is -0.618. The maximum atomic E-state index is 13.0. The third-order valence-corrected chi connectivity index (χ3v) is 5.60. The number of fused-ring (bicyclic) bond motifs is 4. The van der Waals surface area contributed by atoms with Crippen molar-refractivity contribution in [3.63, 3.8) is 0 Å². The number of hydrogen-bond donors (Lipinski definition) is 2. The van der Waals surface area contributed by atoms with Gasteiger partial charge in [-0.05, 0) is 49.6 Å². The number of benzene rings is 2. The highest BCUT2D eigenvalue weighted by Gasteiger charge is 2.51. The summed E-state index contributed by atoms with van der Waals surface area (Å²) in [7, 11) is 0. The maximum absolute atomic E-state index is 13.0. The summed E-state index contributed by atoms with van der Waals surface area (Å²) >= 11 is 0. The van der Waals surface area contributed by atoms with Crippen LogP contribution in [0.15, 0.2) is 48.5 Å². The number of urea groups is 1. The Morgan fingerprint density at radius 2 is 1.86 bits per heavy atom. The van der Waals surface area contributed by atoms with E-state index >= 15 is 0 Å². The maximum Gasteiger partial charge on any atom is 0.407 e. The number of nitrogens with zero attached hydrogens (tertiary/aromatic N) is 2. The summed E-state index contributed by atoms with van der Waals surface area (Å²) < 4.78 is 11.0. The Morgan fingerprint density at radius 3 is 2.54 bits per heavy atom. The van der Waals surface area contributed by atoms with Crippen LogP contribution in [0.5, 0.6) is 5.75 Å². The quantitative estimate of drug-likeness (QED) is 0.551. The van der Waals surface area contributed by atoms with Gasteiger partial charge in [0.2, 0.25) is 0 Å². The number of hydrogen-bond acceptors (Lipinski definition) is 6. The summed E-state index contributed by atoms with van der Waals surface area (Å²) in [5.41, 5.74) is 1.48. The zero-order valence-corrected chi connectivity index (χ0v) is 19.9. The van der Waals surface area contributed by atoms with Crippen molar-refractivity contribution in [1.29, 1.82) is 0 Å². The van der Waals surface area contributed by atoms with E-state index in [0.717, 1.165) is 5.56 Å². The molecule has 2 atom stereocenters. The number of amides is 3. The molecule has 2 aliphatic rings. The number of carboxylic acids is 1. The molecule has 2 aromatic rings. The predicted octanol–water partition coefficient (Wildman–Crippen LogP) is 3.64. The molecule has 4 rings (SSSR count). The summed E-state index contributed by atoms with van der Waals surface area (Å²) in [5, 5.41) is 13.7. The van der Waals surface area contributed by atoms with Crippen LogP contribution in [-0.2, 0) is 21.0 Å². The zero-order valence-electron chi connectivity index (χ0n) is 19.9. The molecule has 0 saturated carbocycles. The van der Waals surface area contributed by atoms with E-state index in [4.69, 9.17) is 14.3 Å². The molecule has 0 spiro atoms. The topological polar surface area (TPSA) is 118 Å². The largest absolute Gasteiger partial charge is 0.492 e. The van der Waals surface area contributed by atoms with Gasteiger partial charge in [0, 0.05) is 0 Å². The predicted molar refractivity (Wildman–Crippen MR) is 124 cm³/mol. The van der Waals surface area contributed by atoms with Gasteiger partial charge in [-0.25, -0.2) is 14.4 Å². The number of carbonyl (C=O) groups is 3. The molecule has 2 unspecified atom stereocenters. The second-order valence-electron chi connectivity index (χ2n) is 9.34. The van der Waals surface area contributed by atoms with E-state index in [-0.39, 0.29) is 26.3 Å². The molecule has 2 bridgehead atoms. The van der Waals surface area contributed by atoms with Crippen LogP contribution in [0.4, 0.5) is 9.59 Å². The first-order valence-electron chi connectivity index (χ1n) is 11.4. The average Bonchev–Trinajstić information content (AvgIpc) is 3.07. The molecular formula is C25H29N3O7. The van der Waals surface area contributed by atoms with Crippen LogP contribution in [0.25, 0.3) is 0 Å². The second-order valence-corrected chi connectivity index (χ2v) is 9.34. The minimum absolute atomic E-state index is 0.177. The lowest BCUT2D eigenvalue weighted by Gasteiger charge is -2.30. The van der Waals surface area contributed by atoms with E-state index in [2.05, 4.69) is 5.32 Å². The molecule has 2 aliphatic heterocycles. The normalized spacial score (nSPS) is 18.8. The number of carboxylic acid groups (broad SMARTS) is 1. The van der Waals surface area contributed by atoms with Crippen LogP contribution in [0.3, 0.4) is 0 Å². The van der Waals surface area contributed by atoms with Gasteiger partial charge in [0.15, 0.2) is 6.04 Å². The molecule has 0 aliphatic carbocycles. The number of carbonyl (C=O) groups excluding carboxylic acids is 2. The molecule has 10 nitrogen and oxygen atoms in total. The van der Waals surface area contributed by atoms with Crippen molar-refractivity contribution in [2.75, 3.05) is 19.7 Å². The molecule has 0 aromatic heterocycles. The lowest BCUT2D eigenvalue weighted by atomic mass is 9.91. The smallest absolute Gasteiger partial charge is 0.407 e. The first kappa shape index (κ1) is 24.3. The highest BCUT2D eigenvalue weighted by molar-refractivity contribution is 5.87. The molecule has 35 heavy (non-hydrogen) atoms. The van der Waals surface area contributed by atoms with Crippen molar-refractivity contribution in [2.45, 2.75) is 45.1 Å². The Kier molecular flexibility index (Phi) is 6.83. The van der Waals surface area contributed by atoms with Gasteiger partial charge in [-0.1, -0.05) is 36.4 Å². The van der Waals surface area contributed by atoms with Crippen LogP contribution >= 0.6 is 0 Å². The van der Waals surface area contributed by atoms with Crippen molar-refractivity contribution < 1.29 is 33.8 Å². The molecule has 2 heterocycles. The van der Waals surface area contributed by atoms with E-state index < -0.39 is 35.8 Å². The summed E-state index contributed by atoms with van der Waals surface area (Å²) in [6, 6.07) is 12.4. The van der Waals surface area contributed by atoms with Crippen molar-refractivity contribution in [3.8, 4) is 5.75 Å². The number of aliphatic carboxylic acids is 1. The van der Waals surface area contributed by atoms with Crippen LogP contribution in [0, 0.1) is 0 Å². The molecule has 2 N–H and O–H groups in total. The number of alkyl carbamates (subject to hydrolysis) is 1. The first-order chi connectivity index (χ1) is 16.6. The minimum atomic E-state index is -1.11. The fourth-order valence-electron chi connectivity index (χ4n) is 4.15. The van der Waals surface area contributed by atoms with Crippen molar-refractivity contribution in [3.05, 3.63) is 65.2 Å². The van der Waals surface area contributed by atoms with Crippen LogP contribution in [0.1, 0.15) is 49.5 Å². The number of nitrogens with one attached hydrogen (secondary N) is 1. The van der Waals surface area contributed by atoms with Crippen LogP contribution < -0.4 is 10.1 Å². The minimum Gasteiger partial charge on any atom is -0.492 e. The lowest BCUT2D eigenvalue weighted by Crippen LogP contribution is -2.38. The van der Waals surface area contributed by atoms with Crippen molar-refractivity contribution in [2.24, 2.45) is 0 Å². The lowest BCUT2D eigenvalue weighted by molar-refractivity contribution is -0.143. The van der Waals surface area contributed by atoms with E-state index in [1.807, 2.05) is 30.3 Å². The van der Waals surface area contributed by atoms with Gasteiger partial charge in [0.05, 0.1) is 13.1 Å². The fraction of sp³-hybridized carbons (Fsp3) is 0.400. The standard InChI is InChI=1S/C25H29N3O7/c1-25(2,3)35-23(31)26-11-12-33-17-9-10-18-19(13-17)20-14-27(21(18)22(29)30)24(32)28(20)34-15-16-7-5-4-6-8-16/h4-10,13,20-21H,11-12,14-15H2,1-3H3,(H,26,31)(H,29,30). The Bertz CT molecular complexity index is 1100. The monoisotopic (exact) mass is 483 g/mol. The molecular weight excluding hydrogens is 454 g/mol. The average molecular weight is 484 g/mol. The Hall–Kier alpha value is -3.79. The van der Waals surface area contributed by atoms with Gasteiger partial charge in [-0.15, -0.1) is 0 Å². The van der Waals surface area contributed by atoms with Gasteiger partial charge in [-0.2, -0.15) is 5.06 Å². The fourth-order valence-corrected chi connectivity index (χ4v) is 4.15. The summed E-state index contributed by atoms with van der Waals surface area (Å²) in [4.78, 5) is 44.0. The highest BCUT2D eigenvalue weighted by Crippen LogP contribution is 2.45. The summed E-state index contributed by atoms with van der Waals surface area (Å²) in [6.45, 7) is 6.13. The van der Waals surface area contributed by atoms with Gasteiger partial charge in [-0.3, -0.25) is 4.84 Å². The molecule has 1 saturated heterocycles. The molecule has 2 aromatic carbocycles. The van der Waals surface area contributed by atoms with E-state index in [1.165, 1.54) is 9.96 Å². The SMILES string of the molecule is CC(C)(C)OC(=O)NCCOc1ccc2c(c1)C1CN(C(=O)N1OCc1ccccc1)C2C(=O)O. The highest BCUT2D eigenvalue weighted by atomic mass is 16.7. The third kappa shape index (κ3) is 5.48. The van der Waals surface area contributed by atoms with Crippen LogP contribution in [-0.4, -0.2) is 58.5 Å². The molecule has 0 radical (unpaired) electrons. The Labute approximate surface area is 203 Å². The van der Waals surface area contributed by atoms with Gasteiger partial charge in [0.1, 0.15) is 30.6 Å². The number of ether oxygens (including phenoxy) is 2. The molecule has 10 heteroatoms.